The quantitative estimate of drug-likeness (QED) is 0.735. The van der Waals surface area contributed by atoms with Gasteiger partial charge in [0.2, 0.25) is 5.95 Å². The molecule has 1 aliphatic rings. The SMILES string of the molecule is COc1ccc(Nc2ncc3c(n2)CCN(Cc2ccc(C)s2)C3)cc1. The van der Waals surface area contributed by atoms with Crippen molar-refractivity contribution >= 4 is 23.0 Å². The molecule has 0 radical (unpaired) electrons. The van der Waals surface area contributed by atoms with E-state index in [-0.39, 0.29) is 0 Å². The van der Waals surface area contributed by atoms with Crippen LogP contribution >= 0.6 is 11.3 Å². The summed E-state index contributed by atoms with van der Waals surface area (Å²) in [6.45, 7) is 5.10. The molecule has 0 atom stereocenters. The minimum atomic E-state index is 0.649. The van der Waals surface area contributed by atoms with Gasteiger partial charge in [0.15, 0.2) is 0 Å². The maximum absolute atomic E-state index is 5.18. The van der Waals surface area contributed by atoms with E-state index in [0.29, 0.717) is 5.95 Å². The molecule has 1 N–H and O–H groups in total. The van der Waals surface area contributed by atoms with Gasteiger partial charge in [-0.1, -0.05) is 0 Å². The summed E-state index contributed by atoms with van der Waals surface area (Å²) in [7, 11) is 1.66. The molecular weight excluding hydrogens is 344 g/mol. The molecular formula is C20H22N4OS. The summed E-state index contributed by atoms with van der Waals surface area (Å²) < 4.78 is 5.18. The molecule has 0 unspecified atom stereocenters. The lowest BCUT2D eigenvalue weighted by Gasteiger charge is -2.27. The van der Waals surface area contributed by atoms with E-state index < -0.39 is 0 Å². The third-order valence-electron chi connectivity index (χ3n) is 4.53. The zero-order chi connectivity index (χ0) is 17.9. The van der Waals surface area contributed by atoms with Gasteiger partial charge in [-0.15, -0.1) is 11.3 Å². The van der Waals surface area contributed by atoms with E-state index in [1.54, 1.807) is 7.11 Å². The molecule has 0 bridgehead atoms. The molecule has 0 aliphatic carbocycles. The first-order chi connectivity index (χ1) is 12.7. The number of anilines is 2. The average Bonchev–Trinajstić information content (AvgIpc) is 3.07. The molecule has 1 aromatic carbocycles. The Kier molecular flexibility index (Phi) is 4.86. The number of aryl methyl sites for hydroxylation is 1. The van der Waals surface area contributed by atoms with Crippen LogP contribution < -0.4 is 10.1 Å². The highest BCUT2D eigenvalue weighted by atomic mass is 32.1. The summed E-state index contributed by atoms with van der Waals surface area (Å²) in [5.74, 6) is 1.49. The number of hydrogen-bond donors (Lipinski definition) is 1. The zero-order valence-corrected chi connectivity index (χ0v) is 15.8. The van der Waals surface area contributed by atoms with Crippen LogP contribution in [0.4, 0.5) is 11.6 Å². The summed E-state index contributed by atoms with van der Waals surface area (Å²) in [4.78, 5) is 14.5. The van der Waals surface area contributed by atoms with Gasteiger partial charge in [0.1, 0.15) is 5.75 Å². The molecule has 0 fully saturated rings. The number of methoxy groups -OCH3 is 1. The van der Waals surface area contributed by atoms with Gasteiger partial charge in [-0.3, -0.25) is 4.90 Å². The standard InChI is InChI=1S/C20H22N4OS/c1-14-3-8-18(26-14)13-24-10-9-19-15(12-24)11-21-20(23-19)22-16-4-6-17(25-2)7-5-16/h3-8,11H,9-10,12-13H2,1-2H3,(H,21,22,23). The van der Waals surface area contributed by atoms with Crippen molar-refractivity contribution in [3.05, 3.63) is 63.6 Å². The van der Waals surface area contributed by atoms with E-state index in [0.717, 1.165) is 43.2 Å². The monoisotopic (exact) mass is 366 g/mol. The number of nitrogens with zero attached hydrogens (tertiary/aromatic N) is 3. The van der Waals surface area contributed by atoms with Gasteiger partial charge in [-0.25, -0.2) is 9.97 Å². The molecule has 0 saturated heterocycles. The van der Waals surface area contributed by atoms with Crippen LogP contribution in [0.25, 0.3) is 0 Å². The average molecular weight is 366 g/mol. The normalized spacial score (nSPS) is 14.1. The Morgan fingerprint density at radius 2 is 2.04 bits per heavy atom. The Morgan fingerprint density at radius 3 is 2.77 bits per heavy atom. The highest BCUT2D eigenvalue weighted by Gasteiger charge is 2.19. The molecule has 3 heterocycles. The van der Waals surface area contributed by atoms with Crippen LogP contribution in [0.15, 0.2) is 42.6 Å². The second kappa shape index (κ2) is 7.43. The number of fused-ring (bicyclic) bond motifs is 1. The van der Waals surface area contributed by atoms with Crippen molar-refractivity contribution in [3.63, 3.8) is 0 Å². The first-order valence-corrected chi connectivity index (χ1v) is 9.55. The van der Waals surface area contributed by atoms with E-state index in [4.69, 9.17) is 9.72 Å². The van der Waals surface area contributed by atoms with E-state index in [2.05, 4.69) is 34.3 Å². The summed E-state index contributed by atoms with van der Waals surface area (Å²) in [5, 5.41) is 3.27. The van der Waals surface area contributed by atoms with Crippen LogP contribution in [0, 0.1) is 6.92 Å². The highest BCUT2D eigenvalue weighted by Crippen LogP contribution is 2.24. The number of benzene rings is 1. The van der Waals surface area contributed by atoms with Gasteiger partial charge in [0.05, 0.1) is 12.8 Å². The second-order valence-electron chi connectivity index (χ2n) is 6.49. The number of rotatable bonds is 5. The van der Waals surface area contributed by atoms with Crippen LogP contribution in [-0.2, 0) is 19.5 Å². The van der Waals surface area contributed by atoms with Gasteiger partial charge in [-0.05, 0) is 43.3 Å². The van der Waals surface area contributed by atoms with Crippen LogP contribution in [0.3, 0.4) is 0 Å². The van der Waals surface area contributed by atoms with Crippen LogP contribution in [0.1, 0.15) is 21.0 Å². The van der Waals surface area contributed by atoms with Crippen molar-refractivity contribution in [1.82, 2.24) is 14.9 Å². The largest absolute Gasteiger partial charge is 0.497 e. The number of nitrogens with one attached hydrogen (secondary N) is 1. The van der Waals surface area contributed by atoms with Gasteiger partial charge in [-0.2, -0.15) is 0 Å². The van der Waals surface area contributed by atoms with E-state index in [9.17, 15) is 0 Å². The molecule has 134 valence electrons. The number of thiophene rings is 1. The third-order valence-corrected chi connectivity index (χ3v) is 5.52. The van der Waals surface area contributed by atoms with Crippen molar-refractivity contribution in [2.45, 2.75) is 26.4 Å². The molecule has 1 aliphatic heterocycles. The number of hydrogen-bond acceptors (Lipinski definition) is 6. The van der Waals surface area contributed by atoms with E-state index >= 15 is 0 Å². The fourth-order valence-electron chi connectivity index (χ4n) is 3.16. The van der Waals surface area contributed by atoms with Gasteiger partial charge in [0, 0.05) is 53.3 Å². The molecule has 0 spiro atoms. The first kappa shape index (κ1) is 17.0. The fraction of sp³-hybridized carbons (Fsp3) is 0.300. The lowest BCUT2D eigenvalue weighted by atomic mass is 10.1. The summed E-state index contributed by atoms with van der Waals surface area (Å²) in [6.07, 6.45) is 2.92. The number of ether oxygens (including phenoxy) is 1. The molecule has 2 aromatic heterocycles. The van der Waals surface area contributed by atoms with Crippen molar-refractivity contribution in [3.8, 4) is 5.75 Å². The Labute approximate surface area is 157 Å². The smallest absolute Gasteiger partial charge is 0.227 e. The maximum atomic E-state index is 5.18. The molecule has 0 saturated carbocycles. The molecule has 0 amide bonds. The Balaban J connectivity index is 1.43. The van der Waals surface area contributed by atoms with Crippen molar-refractivity contribution in [2.75, 3.05) is 19.0 Å². The first-order valence-electron chi connectivity index (χ1n) is 8.73. The second-order valence-corrected chi connectivity index (χ2v) is 7.86. The fourth-order valence-corrected chi connectivity index (χ4v) is 4.10. The van der Waals surface area contributed by atoms with Gasteiger partial charge < -0.3 is 10.1 Å². The molecule has 26 heavy (non-hydrogen) atoms. The van der Waals surface area contributed by atoms with Gasteiger partial charge >= 0.3 is 0 Å². The summed E-state index contributed by atoms with van der Waals surface area (Å²) in [6, 6.07) is 12.2. The van der Waals surface area contributed by atoms with Crippen LogP contribution in [-0.4, -0.2) is 28.5 Å². The topological polar surface area (TPSA) is 50.3 Å². The minimum absolute atomic E-state index is 0.649. The lowest BCUT2D eigenvalue weighted by molar-refractivity contribution is 0.245. The van der Waals surface area contributed by atoms with E-state index in [1.807, 2.05) is 41.8 Å². The molecule has 6 heteroatoms. The Bertz CT molecular complexity index is 891. The van der Waals surface area contributed by atoms with Gasteiger partial charge in [0.25, 0.3) is 0 Å². The van der Waals surface area contributed by atoms with Crippen molar-refractivity contribution in [1.29, 1.82) is 0 Å². The van der Waals surface area contributed by atoms with Crippen LogP contribution in [0.2, 0.25) is 0 Å². The van der Waals surface area contributed by atoms with Crippen LogP contribution in [0.5, 0.6) is 5.75 Å². The predicted octanol–water partition coefficient (Wildman–Crippen LogP) is 4.16. The van der Waals surface area contributed by atoms with Crippen molar-refractivity contribution < 1.29 is 4.74 Å². The molecule has 3 aromatic rings. The molecule has 4 rings (SSSR count). The van der Waals surface area contributed by atoms with E-state index in [1.165, 1.54) is 15.3 Å². The third kappa shape index (κ3) is 3.86. The Morgan fingerprint density at radius 1 is 1.19 bits per heavy atom. The summed E-state index contributed by atoms with van der Waals surface area (Å²) >= 11 is 1.88. The zero-order valence-electron chi connectivity index (χ0n) is 15.0. The summed E-state index contributed by atoms with van der Waals surface area (Å²) in [5.41, 5.74) is 3.33. The Hall–Kier alpha value is -2.44. The molecule has 5 nitrogen and oxygen atoms in total. The minimum Gasteiger partial charge on any atom is -0.497 e. The number of aromatic nitrogens is 2. The maximum Gasteiger partial charge on any atom is 0.227 e. The highest BCUT2D eigenvalue weighted by molar-refractivity contribution is 7.11. The lowest BCUT2D eigenvalue weighted by Crippen LogP contribution is -2.30. The van der Waals surface area contributed by atoms with Crippen molar-refractivity contribution in [2.24, 2.45) is 0 Å². The predicted molar refractivity (Wildman–Crippen MR) is 105 cm³/mol.